The number of likely N-dealkylation sites (N-methyl/N-ethyl adjacent to an activating group) is 1. The van der Waals surface area contributed by atoms with E-state index in [0.717, 1.165) is 37.0 Å². The van der Waals surface area contributed by atoms with E-state index in [-0.39, 0.29) is 5.82 Å². The Labute approximate surface area is 116 Å². The lowest BCUT2D eigenvalue weighted by Crippen LogP contribution is -2.44. The van der Waals surface area contributed by atoms with Gasteiger partial charge in [0.05, 0.1) is 5.69 Å². The van der Waals surface area contributed by atoms with Crippen LogP contribution in [-0.2, 0) is 0 Å². The summed E-state index contributed by atoms with van der Waals surface area (Å²) in [5, 5.41) is 2.93. The first-order chi connectivity index (χ1) is 9.24. The Morgan fingerprint density at radius 1 is 1.16 bits per heavy atom. The molecule has 1 aromatic carbocycles. The lowest BCUT2D eigenvalue weighted by molar-refractivity contribution is 0.313. The fourth-order valence-electron chi connectivity index (χ4n) is 2.20. The Morgan fingerprint density at radius 3 is 2.63 bits per heavy atom. The zero-order valence-electron chi connectivity index (χ0n) is 10.8. The maximum atomic E-state index is 13.7. The first-order valence-electron chi connectivity index (χ1n) is 6.38. The molecule has 1 saturated heterocycles. The maximum Gasteiger partial charge on any atom is 0.185 e. The summed E-state index contributed by atoms with van der Waals surface area (Å²) in [7, 11) is 2.13. The van der Waals surface area contributed by atoms with Crippen LogP contribution in [-0.4, -0.2) is 43.1 Å². The average molecular weight is 277 g/mol. The Kier molecular flexibility index (Phi) is 3.48. The van der Waals surface area contributed by atoms with Gasteiger partial charge in [0, 0.05) is 37.1 Å². The molecule has 0 amide bonds. The molecule has 3 rings (SSSR count). The predicted octanol–water partition coefficient (Wildman–Crippen LogP) is 2.70. The molecule has 1 aliphatic rings. The van der Waals surface area contributed by atoms with Gasteiger partial charge in [0.15, 0.2) is 5.13 Å². The molecule has 0 spiro atoms. The van der Waals surface area contributed by atoms with E-state index < -0.39 is 0 Å². The van der Waals surface area contributed by atoms with Crippen molar-refractivity contribution in [3.05, 3.63) is 35.5 Å². The monoisotopic (exact) mass is 277 g/mol. The van der Waals surface area contributed by atoms with Crippen molar-refractivity contribution in [1.82, 2.24) is 9.88 Å². The minimum atomic E-state index is -0.210. The molecule has 0 bridgehead atoms. The fraction of sp³-hybridized carbons (Fsp3) is 0.357. The maximum absolute atomic E-state index is 13.7. The number of aromatic nitrogens is 1. The molecule has 19 heavy (non-hydrogen) atoms. The molecule has 100 valence electrons. The van der Waals surface area contributed by atoms with Gasteiger partial charge in [-0.1, -0.05) is 12.1 Å². The highest BCUT2D eigenvalue weighted by Crippen LogP contribution is 2.29. The van der Waals surface area contributed by atoms with Crippen LogP contribution >= 0.6 is 11.3 Å². The summed E-state index contributed by atoms with van der Waals surface area (Å²) in [4.78, 5) is 9.16. The normalized spacial score (nSPS) is 16.8. The molecule has 0 aliphatic carbocycles. The predicted molar refractivity (Wildman–Crippen MR) is 77.2 cm³/mol. The van der Waals surface area contributed by atoms with E-state index >= 15 is 0 Å². The Balaban J connectivity index is 1.82. The first-order valence-corrected chi connectivity index (χ1v) is 7.26. The van der Waals surface area contributed by atoms with Crippen molar-refractivity contribution in [2.24, 2.45) is 0 Å². The molecule has 0 atom stereocenters. The van der Waals surface area contributed by atoms with Gasteiger partial charge in [0.25, 0.3) is 0 Å². The Bertz CT molecular complexity index is 561. The van der Waals surface area contributed by atoms with Crippen molar-refractivity contribution < 1.29 is 4.39 Å². The van der Waals surface area contributed by atoms with Crippen LogP contribution in [0.4, 0.5) is 9.52 Å². The zero-order valence-corrected chi connectivity index (χ0v) is 11.7. The van der Waals surface area contributed by atoms with E-state index in [2.05, 4.69) is 21.8 Å². The molecule has 2 heterocycles. The van der Waals surface area contributed by atoms with Gasteiger partial charge in [0.1, 0.15) is 5.82 Å². The standard InChI is InChI=1S/C14H16FN3S/c1-17-6-8-18(9-7-17)14-16-13(10-19-14)11-4-2-3-5-12(11)15/h2-5,10H,6-9H2,1H3. The minimum Gasteiger partial charge on any atom is -0.346 e. The molecule has 3 nitrogen and oxygen atoms in total. The average Bonchev–Trinajstić information content (AvgIpc) is 2.89. The highest BCUT2D eigenvalue weighted by atomic mass is 32.1. The van der Waals surface area contributed by atoms with Crippen molar-refractivity contribution in [3.8, 4) is 11.3 Å². The number of benzene rings is 1. The molecular formula is C14H16FN3S. The summed E-state index contributed by atoms with van der Waals surface area (Å²) in [6, 6.07) is 6.79. The highest BCUT2D eigenvalue weighted by molar-refractivity contribution is 7.14. The van der Waals surface area contributed by atoms with Crippen LogP contribution in [0, 0.1) is 5.82 Å². The van der Waals surface area contributed by atoms with E-state index in [1.807, 2.05) is 11.4 Å². The van der Waals surface area contributed by atoms with E-state index in [1.54, 1.807) is 23.5 Å². The second kappa shape index (κ2) is 5.27. The fourth-order valence-corrected chi connectivity index (χ4v) is 3.08. The number of piperazine rings is 1. The highest BCUT2D eigenvalue weighted by Gasteiger charge is 2.18. The largest absolute Gasteiger partial charge is 0.346 e. The topological polar surface area (TPSA) is 19.4 Å². The molecule has 1 fully saturated rings. The van der Waals surface area contributed by atoms with Crippen molar-refractivity contribution in [1.29, 1.82) is 0 Å². The third kappa shape index (κ3) is 2.62. The molecule has 0 unspecified atom stereocenters. The number of halogens is 1. The summed E-state index contributed by atoms with van der Waals surface area (Å²) in [6.45, 7) is 4.07. The molecule has 1 aromatic heterocycles. The minimum absolute atomic E-state index is 0.210. The zero-order chi connectivity index (χ0) is 13.2. The van der Waals surface area contributed by atoms with Gasteiger partial charge < -0.3 is 9.80 Å². The van der Waals surface area contributed by atoms with Gasteiger partial charge in [-0.15, -0.1) is 11.3 Å². The van der Waals surface area contributed by atoms with Crippen LogP contribution in [0.2, 0.25) is 0 Å². The van der Waals surface area contributed by atoms with Crippen LogP contribution in [0.15, 0.2) is 29.6 Å². The number of nitrogens with zero attached hydrogens (tertiary/aromatic N) is 3. The quantitative estimate of drug-likeness (QED) is 0.841. The summed E-state index contributed by atoms with van der Waals surface area (Å²) in [5.41, 5.74) is 1.32. The number of hydrogen-bond acceptors (Lipinski definition) is 4. The number of thiazole rings is 1. The third-order valence-corrected chi connectivity index (χ3v) is 4.32. The third-order valence-electron chi connectivity index (χ3n) is 3.42. The first kappa shape index (κ1) is 12.6. The molecule has 0 saturated carbocycles. The second-order valence-electron chi connectivity index (χ2n) is 4.79. The molecule has 0 N–H and O–H groups in total. The van der Waals surface area contributed by atoms with Gasteiger partial charge in [0.2, 0.25) is 0 Å². The van der Waals surface area contributed by atoms with Crippen LogP contribution in [0.25, 0.3) is 11.3 Å². The van der Waals surface area contributed by atoms with Crippen LogP contribution in [0.5, 0.6) is 0 Å². The molecule has 2 aromatic rings. The van der Waals surface area contributed by atoms with Gasteiger partial charge in [-0.05, 0) is 19.2 Å². The number of hydrogen-bond donors (Lipinski definition) is 0. The molecule has 0 radical (unpaired) electrons. The van der Waals surface area contributed by atoms with Crippen LogP contribution in [0.3, 0.4) is 0 Å². The smallest absolute Gasteiger partial charge is 0.185 e. The van der Waals surface area contributed by atoms with Crippen molar-refractivity contribution >= 4 is 16.5 Å². The summed E-state index contributed by atoms with van der Waals surface area (Å²) in [6.07, 6.45) is 0. The van der Waals surface area contributed by atoms with E-state index in [1.165, 1.54) is 6.07 Å². The Morgan fingerprint density at radius 2 is 1.89 bits per heavy atom. The van der Waals surface area contributed by atoms with Gasteiger partial charge in [-0.3, -0.25) is 0 Å². The number of anilines is 1. The van der Waals surface area contributed by atoms with Crippen LogP contribution < -0.4 is 4.90 Å². The van der Waals surface area contributed by atoms with Gasteiger partial charge in [-0.25, -0.2) is 9.37 Å². The van der Waals surface area contributed by atoms with Gasteiger partial charge in [-0.2, -0.15) is 0 Å². The van der Waals surface area contributed by atoms with E-state index in [4.69, 9.17) is 0 Å². The summed E-state index contributed by atoms with van der Waals surface area (Å²) >= 11 is 1.59. The summed E-state index contributed by atoms with van der Waals surface area (Å²) < 4.78 is 13.7. The van der Waals surface area contributed by atoms with Crippen LogP contribution in [0.1, 0.15) is 0 Å². The van der Waals surface area contributed by atoms with Gasteiger partial charge >= 0.3 is 0 Å². The molecule has 1 aliphatic heterocycles. The molecular weight excluding hydrogens is 261 g/mol. The second-order valence-corrected chi connectivity index (χ2v) is 5.62. The molecule has 5 heteroatoms. The van der Waals surface area contributed by atoms with E-state index in [9.17, 15) is 4.39 Å². The Hall–Kier alpha value is -1.46. The van der Waals surface area contributed by atoms with E-state index in [0.29, 0.717) is 5.56 Å². The SMILES string of the molecule is CN1CCN(c2nc(-c3ccccc3F)cs2)CC1. The van der Waals surface area contributed by atoms with Crippen molar-refractivity contribution in [2.75, 3.05) is 38.1 Å². The lowest BCUT2D eigenvalue weighted by atomic mass is 10.2. The lowest BCUT2D eigenvalue weighted by Gasteiger charge is -2.32. The number of rotatable bonds is 2. The van der Waals surface area contributed by atoms with Crippen molar-refractivity contribution in [3.63, 3.8) is 0 Å². The van der Waals surface area contributed by atoms with Crippen molar-refractivity contribution in [2.45, 2.75) is 0 Å². The summed E-state index contributed by atoms with van der Waals surface area (Å²) in [5.74, 6) is -0.210.